The van der Waals surface area contributed by atoms with Gasteiger partial charge in [-0.15, -0.1) is 0 Å². The third kappa shape index (κ3) is 2.20. The third-order valence-corrected chi connectivity index (χ3v) is 6.16. The molecule has 5 atom stereocenters. The maximum absolute atomic E-state index is 3.94. The van der Waals surface area contributed by atoms with Gasteiger partial charge in [0.2, 0.25) is 0 Å². The summed E-state index contributed by atoms with van der Waals surface area (Å²) in [5.74, 6) is 4.31. The number of hydrogen-bond acceptors (Lipinski definition) is 1. The molecular formula is C19H27N. The molecule has 0 amide bonds. The summed E-state index contributed by atoms with van der Waals surface area (Å²) in [6.45, 7) is 4.57. The summed E-state index contributed by atoms with van der Waals surface area (Å²) in [7, 11) is 0. The van der Waals surface area contributed by atoms with E-state index in [0.29, 0.717) is 6.04 Å². The van der Waals surface area contributed by atoms with E-state index in [4.69, 9.17) is 0 Å². The minimum atomic E-state index is 0.672. The van der Waals surface area contributed by atoms with Gasteiger partial charge in [0.05, 0.1) is 0 Å². The fourth-order valence-electron chi connectivity index (χ4n) is 5.21. The minimum Gasteiger partial charge on any atom is -0.311 e. The quantitative estimate of drug-likeness (QED) is 0.853. The molecule has 5 unspecified atom stereocenters. The molecule has 3 saturated carbocycles. The topological polar surface area (TPSA) is 12.0 Å². The molecule has 0 spiro atoms. The molecule has 0 aliphatic heterocycles. The third-order valence-electron chi connectivity index (χ3n) is 6.16. The van der Waals surface area contributed by atoms with Gasteiger partial charge in [0.15, 0.2) is 0 Å². The zero-order chi connectivity index (χ0) is 13.7. The maximum Gasteiger partial charge on any atom is 0.0138 e. The van der Waals surface area contributed by atoms with Crippen molar-refractivity contribution in [3.8, 4) is 0 Å². The molecule has 1 heteroatoms. The van der Waals surface area contributed by atoms with Crippen molar-refractivity contribution in [3.05, 3.63) is 35.4 Å². The van der Waals surface area contributed by atoms with E-state index in [0.717, 1.165) is 29.7 Å². The highest BCUT2D eigenvalue weighted by molar-refractivity contribution is 5.22. The molecule has 0 aromatic heterocycles. The fraction of sp³-hybridized carbons (Fsp3) is 0.684. The van der Waals surface area contributed by atoms with Crippen LogP contribution in [0.3, 0.4) is 0 Å². The van der Waals surface area contributed by atoms with Crippen LogP contribution in [-0.2, 0) is 6.42 Å². The van der Waals surface area contributed by atoms with Crippen LogP contribution in [0.5, 0.6) is 0 Å². The highest BCUT2D eigenvalue weighted by Crippen LogP contribution is 2.65. The zero-order valence-electron chi connectivity index (χ0n) is 12.8. The van der Waals surface area contributed by atoms with Crippen LogP contribution < -0.4 is 5.32 Å². The van der Waals surface area contributed by atoms with E-state index in [-0.39, 0.29) is 0 Å². The van der Waals surface area contributed by atoms with Crippen molar-refractivity contribution < 1.29 is 0 Å². The van der Waals surface area contributed by atoms with Gasteiger partial charge in [-0.1, -0.05) is 29.8 Å². The van der Waals surface area contributed by atoms with Crippen LogP contribution in [0.25, 0.3) is 0 Å². The van der Waals surface area contributed by atoms with Crippen molar-refractivity contribution in [3.63, 3.8) is 0 Å². The van der Waals surface area contributed by atoms with Gasteiger partial charge < -0.3 is 5.32 Å². The summed E-state index contributed by atoms with van der Waals surface area (Å²) in [6, 6.07) is 10.5. The molecule has 3 aliphatic carbocycles. The molecular weight excluding hydrogens is 242 g/mol. The van der Waals surface area contributed by atoms with Crippen molar-refractivity contribution in [2.75, 3.05) is 0 Å². The molecule has 0 radical (unpaired) electrons. The number of fused-ring (bicyclic) bond motifs is 5. The molecule has 2 bridgehead atoms. The van der Waals surface area contributed by atoms with E-state index in [1.54, 1.807) is 6.42 Å². The molecule has 20 heavy (non-hydrogen) atoms. The first-order chi connectivity index (χ1) is 9.72. The SMILES string of the molecule is Cc1cccc(CCC(C)NC2C3C4CCC(C4)C23)c1. The van der Waals surface area contributed by atoms with Crippen LogP contribution in [0.4, 0.5) is 0 Å². The lowest BCUT2D eigenvalue weighted by Gasteiger charge is -2.17. The van der Waals surface area contributed by atoms with Crippen molar-refractivity contribution >= 4 is 0 Å². The summed E-state index contributed by atoms with van der Waals surface area (Å²) in [4.78, 5) is 0. The predicted molar refractivity (Wildman–Crippen MR) is 83.7 cm³/mol. The first-order valence-electron chi connectivity index (χ1n) is 8.54. The lowest BCUT2D eigenvalue weighted by Crippen LogP contribution is -2.32. The first kappa shape index (κ1) is 12.9. The van der Waals surface area contributed by atoms with Gasteiger partial charge in [-0.3, -0.25) is 0 Å². The maximum atomic E-state index is 3.94. The van der Waals surface area contributed by atoms with Crippen LogP contribution in [-0.4, -0.2) is 12.1 Å². The Morgan fingerprint density at radius 1 is 1.20 bits per heavy atom. The van der Waals surface area contributed by atoms with Gasteiger partial charge in [0.1, 0.15) is 0 Å². The zero-order valence-corrected chi connectivity index (χ0v) is 12.8. The highest BCUT2D eigenvalue weighted by Gasteiger charge is 2.64. The lowest BCUT2D eigenvalue weighted by molar-refractivity contribution is 0.417. The lowest BCUT2D eigenvalue weighted by atomic mass is 10.0. The van der Waals surface area contributed by atoms with E-state index in [1.165, 1.54) is 36.8 Å². The van der Waals surface area contributed by atoms with Crippen LogP contribution in [0.2, 0.25) is 0 Å². The Morgan fingerprint density at radius 3 is 2.65 bits per heavy atom. The summed E-state index contributed by atoms with van der Waals surface area (Å²) in [5, 5.41) is 3.94. The standard InChI is InChI=1S/C19H27N/c1-12-4-3-5-14(10-12)7-6-13(2)20-19-17-15-8-9-16(11-15)18(17)19/h3-5,10,13,15-20H,6-9,11H2,1-2H3. The second-order valence-corrected chi connectivity index (χ2v) is 7.61. The molecule has 1 aromatic rings. The van der Waals surface area contributed by atoms with Crippen LogP contribution >= 0.6 is 0 Å². The Morgan fingerprint density at radius 2 is 1.95 bits per heavy atom. The first-order valence-corrected chi connectivity index (χ1v) is 8.54. The van der Waals surface area contributed by atoms with Crippen LogP contribution in [0.1, 0.15) is 43.7 Å². The largest absolute Gasteiger partial charge is 0.311 e. The molecule has 3 fully saturated rings. The Bertz CT molecular complexity index is 478. The highest BCUT2D eigenvalue weighted by atomic mass is 15.0. The van der Waals surface area contributed by atoms with Crippen molar-refractivity contribution in [1.82, 2.24) is 5.32 Å². The van der Waals surface area contributed by atoms with Crippen molar-refractivity contribution in [2.45, 2.75) is 58.0 Å². The van der Waals surface area contributed by atoms with Gasteiger partial charge >= 0.3 is 0 Å². The molecule has 3 aliphatic rings. The van der Waals surface area contributed by atoms with Crippen molar-refractivity contribution in [1.29, 1.82) is 0 Å². The Hall–Kier alpha value is -0.820. The minimum absolute atomic E-state index is 0.672. The predicted octanol–water partition coefficient (Wildman–Crippen LogP) is 3.95. The molecule has 1 N–H and O–H groups in total. The van der Waals surface area contributed by atoms with Crippen LogP contribution in [0, 0.1) is 30.6 Å². The van der Waals surface area contributed by atoms with Crippen LogP contribution in [0.15, 0.2) is 24.3 Å². The summed E-state index contributed by atoms with van der Waals surface area (Å²) >= 11 is 0. The Labute approximate surface area is 123 Å². The van der Waals surface area contributed by atoms with Gasteiger partial charge in [0, 0.05) is 12.1 Å². The van der Waals surface area contributed by atoms with Gasteiger partial charge in [-0.05, 0) is 75.2 Å². The van der Waals surface area contributed by atoms with E-state index in [9.17, 15) is 0 Å². The fourth-order valence-corrected chi connectivity index (χ4v) is 5.21. The molecule has 0 heterocycles. The average molecular weight is 269 g/mol. The Kier molecular flexibility index (Phi) is 3.14. The molecule has 108 valence electrons. The normalized spacial score (nSPS) is 38.8. The summed E-state index contributed by atoms with van der Waals surface area (Å²) < 4.78 is 0. The van der Waals surface area contributed by atoms with Crippen molar-refractivity contribution in [2.24, 2.45) is 23.7 Å². The van der Waals surface area contributed by atoms with Gasteiger partial charge in [-0.25, -0.2) is 0 Å². The van der Waals surface area contributed by atoms with E-state index < -0.39 is 0 Å². The second-order valence-electron chi connectivity index (χ2n) is 7.61. The molecule has 4 rings (SSSR count). The Balaban J connectivity index is 1.27. The monoisotopic (exact) mass is 269 g/mol. The number of hydrogen-bond donors (Lipinski definition) is 1. The number of rotatable bonds is 5. The summed E-state index contributed by atoms with van der Waals surface area (Å²) in [6.07, 6.45) is 7.11. The van der Waals surface area contributed by atoms with E-state index in [2.05, 4.69) is 43.4 Å². The smallest absolute Gasteiger partial charge is 0.0138 e. The van der Waals surface area contributed by atoms with E-state index >= 15 is 0 Å². The second kappa shape index (κ2) is 4.87. The van der Waals surface area contributed by atoms with Gasteiger partial charge in [-0.2, -0.15) is 0 Å². The van der Waals surface area contributed by atoms with Gasteiger partial charge in [0.25, 0.3) is 0 Å². The molecule has 0 saturated heterocycles. The molecule has 1 nitrogen and oxygen atoms in total. The number of benzene rings is 1. The van der Waals surface area contributed by atoms with E-state index in [1.807, 2.05) is 0 Å². The number of aryl methyl sites for hydroxylation is 2. The number of nitrogens with one attached hydrogen (secondary N) is 1. The summed E-state index contributed by atoms with van der Waals surface area (Å²) in [5.41, 5.74) is 2.88. The average Bonchev–Trinajstić information content (AvgIpc) is 2.84. The molecule has 1 aromatic carbocycles.